The first-order chi connectivity index (χ1) is 7.72. The molecule has 2 atom stereocenters. The number of anilines is 1. The maximum Gasteiger partial charge on any atom is 0.101 e. The van der Waals surface area contributed by atoms with Gasteiger partial charge in [-0.3, -0.25) is 4.98 Å². The van der Waals surface area contributed by atoms with Gasteiger partial charge in [0.2, 0.25) is 0 Å². The molecule has 1 aliphatic rings. The van der Waals surface area contributed by atoms with E-state index in [0.717, 1.165) is 25.2 Å². The quantitative estimate of drug-likeness (QED) is 0.764. The fourth-order valence-corrected chi connectivity index (χ4v) is 2.12. The molecule has 2 rings (SSSR count). The molecule has 0 saturated carbocycles. The third kappa shape index (κ3) is 2.00. The molecule has 1 saturated heterocycles. The van der Waals surface area contributed by atoms with E-state index in [1.165, 1.54) is 0 Å². The van der Waals surface area contributed by atoms with E-state index in [9.17, 15) is 0 Å². The number of aromatic nitrogens is 1. The first kappa shape index (κ1) is 10.9. The van der Waals surface area contributed by atoms with Crippen LogP contribution in [0.5, 0.6) is 0 Å². The lowest BCUT2D eigenvalue weighted by Crippen LogP contribution is -2.46. The minimum atomic E-state index is 0.276. The van der Waals surface area contributed by atoms with Gasteiger partial charge in [0, 0.05) is 25.3 Å². The summed E-state index contributed by atoms with van der Waals surface area (Å²) in [5.74, 6) is 0.459. The average Bonchev–Trinajstić information content (AvgIpc) is 2.32. The van der Waals surface area contributed by atoms with Crippen molar-refractivity contribution in [3.8, 4) is 6.07 Å². The van der Waals surface area contributed by atoms with Crippen molar-refractivity contribution in [3.05, 3.63) is 24.0 Å². The second kappa shape index (κ2) is 4.50. The highest BCUT2D eigenvalue weighted by molar-refractivity contribution is 5.57. The first-order valence-electron chi connectivity index (χ1n) is 5.57. The van der Waals surface area contributed by atoms with Crippen LogP contribution < -0.4 is 10.6 Å². The Morgan fingerprint density at radius 3 is 3.12 bits per heavy atom. The summed E-state index contributed by atoms with van der Waals surface area (Å²) in [6, 6.07) is 4.24. The van der Waals surface area contributed by atoms with Crippen molar-refractivity contribution in [2.24, 2.45) is 11.7 Å². The van der Waals surface area contributed by atoms with Crippen molar-refractivity contribution in [1.29, 1.82) is 5.26 Å². The van der Waals surface area contributed by atoms with Gasteiger partial charge in [0.1, 0.15) is 6.07 Å². The van der Waals surface area contributed by atoms with Gasteiger partial charge in [-0.05, 0) is 18.4 Å². The average molecular weight is 216 g/mol. The largest absolute Gasteiger partial charge is 0.369 e. The van der Waals surface area contributed by atoms with E-state index in [1.807, 2.05) is 0 Å². The summed E-state index contributed by atoms with van der Waals surface area (Å²) < 4.78 is 0. The fourth-order valence-electron chi connectivity index (χ4n) is 2.12. The van der Waals surface area contributed by atoms with Gasteiger partial charge in [0.05, 0.1) is 17.4 Å². The van der Waals surface area contributed by atoms with Gasteiger partial charge in [-0.15, -0.1) is 0 Å². The standard InChI is InChI=1S/C12H16N4/c1-9-8-16(5-3-11(9)14)12-7-15-4-2-10(12)6-13/h2,4,7,9,11H,3,5,8,14H2,1H3. The molecule has 0 aliphatic carbocycles. The Morgan fingerprint density at radius 2 is 2.44 bits per heavy atom. The number of nitriles is 1. The van der Waals surface area contributed by atoms with E-state index in [2.05, 4.69) is 22.9 Å². The number of hydrogen-bond acceptors (Lipinski definition) is 4. The molecule has 2 unspecified atom stereocenters. The van der Waals surface area contributed by atoms with E-state index in [4.69, 9.17) is 11.0 Å². The van der Waals surface area contributed by atoms with Crippen LogP contribution in [0.15, 0.2) is 18.5 Å². The predicted molar refractivity (Wildman–Crippen MR) is 62.9 cm³/mol. The molecule has 0 spiro atoms. The lowest BCUT2D eigenvalue weighted by molar-refractivity contribution is 0.382. The van der Waals surface area contributed by atoms with Crippen LogP contribution in [0.2, 0.25) is 0 Å². The lowest BCUT2D eigenvalue weighted by atomic mass is 9.94. The molecule has 0 amide bonds. The molecular weight excluding hydrogens is 200 g/mol. The van der Waals surface area contributed by atoms with Crippen LogP contribution in [0.25, 0.3) is 0 Å². The molecule has 4 nitrogen and oxygen atoms in total. The van der Waals surface area contributed by atoms with Gasteiger partial charge in [-0.1, -0.05) is 6.92 Å². The van der Waals surface area contributed by atoms with Crippen molar-refractivity contribution in [2.75, 3.05) is 18.0 Å². The first-order valence-corrected chi connectivity index (χ1v) is 5.57. The second-order valence-corrected chi connectivity index (χ2v) is 4.38. The maximum atomic E-state index is 9.04. The van der Waals surface area contributed by atoms with Crippen LogP contribution in [0, 0.1) is 17.2 Å². The molecule has 1 aliphatic heterocycles. The van der Waals surface area contributed by atoms with Gasteiger partial charge in [-0.2, -0.15) is 5.26 Å². The molecule has 1 aromatic rings. The SMILES string of the molecule is CC1CN(c2cnccc2C#N)CCC1N. The number of pyridine rings is 1. The third-order valence-corrected chi connectivity index (χ3v) is 3.23. The molecule has 2 heterocycles. The molecule has 2 N–H and O–H groups in total. The highest BCUT2D eigenvalue weighted by Gasteiger charge is 2.24. The van der Waals surface area contributed by atoms with Crippen LogP contribution in [-0.2, 0) is 0 Å². The van der Waals surface area contributed by atoms with Gasteiger partial charge < -0.3 is 10.6 Å². The maximum absolute atomic E-state index is 9.04. The topological polar surface area (TPSA) is 65.9 Å². The predicted octanol–water partition coefficient (Wildman–Crippen LogP) is 1.13. The number of nitrogens with two attached hydrogens (primary N) is 1. The van der Waals surface area contributed by atoms with Gasteiger partial charge in [-0.25, -0.2) is 0 Å². The molecule has 0 radical (unpaired) electrons. The number of rotatable bonds is 1. The highest BCUT2D eigenvalue weighted by atomic mass is 15.2. The van der Waals surface area contributed by atoms with E-state index in [0.29, 0.717) is 11.5 Å². The summed E-state index contributed by atoms with van der Waals surface area (Å²) in [4.78, 5) is 6.30. The van der Waals surface area contributed by atoms with Crippen molar-refractivity contribution < 1.29 is 0 Å². The normalized spacial score (nSPS) is 25.2. The molecule has 0 bridgehead atoms. The molecule has 16 heavy (non-hydrogen) atoms. The summed E-state index contributed by atoms with van der Waals surface area (Å²) >= 11 is 0. The van der Waals surface area contributed by atoms with Gasteiger partial charge >= 0.3 is 0 Å². The summed E-state index contributed by atoms with van der Waals surface area (Å²) in [6.45, 7) is 3.96. The van der Waals surface area contributed by atoms with E-state index in [1.54, 1.807) is 18.5 Å². The third-order valence-electron chi connectivity index (χ3n) is 3.23. The van der Waals surface area contributed by atoms with Crippen LogP contribution in [0.4, 0.5) is 5.69 Å². The Hall–Kier alpha value is -1.60. The fraction of sp³-hybridized carbons (Fsp3) is 0.500. The second-order valence-electron chi connectivity index (χ2n) is 4.38. The zero-order valence-corrected chi connectivity index (χ0v) is 9.43. The Balaban J connectivity index is 2.22. The number of nitrogens with zero attached hydrogens (tertiary/aromatic N) is 3. The summed E-state index contributed by atoms with van der Waals surface area (Å²) in [6.07, 6.45) is 4.39. The van der Waals surface area contributed by atoms with Crippen LogP contribution in [0.1, 0.15) is 18.9 Å². The Labute approximate surface area is 95.7 Å². The van der Waals surface area contributed by atoms with Crippen LogP contribution in [0.3, 0.4) is 0 Å². The van der Waals surface area contributed by atoms with Crippen LogP contribution >= 0.6 is 0 Å². The monoisotopic (exact) mass is 216 g/mol. The zero-order chi connectivity index (χ0) is 11.5. The molecule has 1 fully saturated rings. The molecular formula is C12H16N4. The van der Waals surface area contributed by atoms with Crippen molar-refractivity contribution in [1.82, 2.24) is 4.98 Å². The summed E-state index contributed by atoms with van der Waals surface area (Å²) in [7, 11) is 0. The molecule has 0 aromatic carbocycles. The van der Waals surface area contributed by atoms with E-state index < -0.39 is 0 Å². The smallest absolute Gasteiger partial charge is 0.101 e. The Morgan fingerprint density at radius 1 is 1.62 bits per heavy atom. The molecule has 4 heteroatoms. The summed E-state index contributed by atoms with van der Waals surface area (Å²) in [5, 5.41) is 9.04. The Kier molecular flexibility index (Phi) is 3.07. The molecule has 1 aromatic heterocycles. The minimum Gasteiger partial charge on any atom is -0.369 e. The van der Waals surface area contributed by atoms with E-state index >= 15 is 0 Å². The van der Waals surface area contributed by atoms with Crippen molar-refractivity contribution in [3.63, 3.8) is 0 Å². The highest BCUT2D eigenvalue weighted by Crippen LogP contribution is 2.24. The van der Waals surface area contributed by atoms with Gasteiger partial charge in [0.15, 0.2) is 0 Å². The zero-order valence-electron chi connectivity index (χ0n) is 9.43. The van der Waals surface area contributed by atoms with Gasteiger partial charge in [0.25, 0.3) is 0 Å². The number of piperidine rings is 1. The lowest BCUT2D eigenvalue weighted by Gasteiger charge is -2.36. The number of hydrogen-bond donors (Lipinski definition) is 1. The minimum absolute atomic E-state index is 0.276. The van der Waals surface area contributed by atoms with E-state index in [-0.39, 0.29) is 6.04 Å². The van der Waals surface area contributed by atoms with Crippen LogP contribution in [-0.4, -0.2) is 24.1 Å². The van der Waals surface area contributed by atoms with Crippen molar-refractivity contribution in [2.45, 2.75) is 19.4 Å². The summed E-state index contributed by atoms with van der Waals surface area (Å²) in [5.41, 5.74) is 7.61. The van der Waals surface area contributed by atoms with Crippen molar-refractivity contribution >= 4 is 5.69 Å². The Bertz CT molecular complexity index is 410. The molecule has 84 valence electrons.